The number of carbonyl (C=O) groups is 2. The average Bonchev–Trinajstić information content (AvgIpc) is 2.55. The lowest BCUT2D eigenvalue weighted by molar-refractivity contribution is 0.0526. The quantitative estimate of drug-likeness (QED) is 0.857. The predicted molar refractivity (Wildman–Crippen MR) is 86.2 cm³/mol. The molecular formula is C18H19NO3. The van der Waals surface area contributed by atoms with Gasteiger partial charge in [0.05, 0.1) is 12.2 Å². The van der Waals surface area contributed by atoms with E-state index in [1.165, 1.54) is 0 Å². The van der Waals surface area contributed by atoms with Crippen molar-refractivity contribution < 1.29 is 14.3 Å². The summed E-state index contributed by atoms with van der Waals surface area (Å²) in [5, 5.41) is 2.84. The van der Waals surface area contributed by atoms with Crippen LogP contribution in [0.15, 0.2) is 48.5 Å². The van der Waals surface area contributed by atoms with Crippen LogP contribution in [0.4, 0.5) is 5.69 Å². The third kappa shape index (κ3) is 3.73. The topological polar surface area (TPSA) is 55.4 Å². The molecule has 22 heavy (non-hydrogen) atoms. The Bertz CT molecular complexity index is 662. The van der Waals surface area contributed by atoms with Crippen molar-refractivity contribution in [2.75, 3.05) is 11.9 Å². The van der Waals surface area contributed by atoms with E-state index in [0.29, 0.717) is 23.4 Å². The molecule has 0 radical (unpaired) electrons. The molecule has 4 heteroatoms. The number of ether oxygens (including phenoxy) is 1. The number of hydrogen-bond donors (Lipinski definition) is 1. The van der Waals surface area contributed by atoms with E-state index in [1.807, 2.05) is 25.1 Å². The molecule has 0 atom stereocenters. The zero-order chi connectivity index (χ0) is 15.9. The maximum atomic E-state index is 12.3. The van der Waals surface area contributed by atoms with Crippen molar-refractivity contribution in [1.82, 2.24) is 0 Å². The fourth-order valence-corrected chi connectivity index (χ4v) is 2.15. The average molecular weight is 297 g/mol. The van der Waals surface area contributed by atoms with Gasteiger partial charge >= 0.3 is 5.97 Å². The highest BCUT2D eigenvalue weighted by molar-refractivity contribution is 6.05. The summed E-state index contributed by atoms with van der Waals surface area (Å²) < 4.78 is 4.92. The van der Waals surface area contributed by atoms with E-state index in [1.54, 1.807) is 37.3 Å². The maximum Gasteiger partial charge on any atom is 0.338 e. The molecule has 0 unspecified atom stereocenters. The van der Waals surface area contributed by atoms with Crippen molar-refractivity contribution >= 4 is 17.6 Å². The van der Waals surface area contributed by atoms with Gasteiger partial charge in [0.15, 0.2) is 0 Å². The highest BCUT2D eigenvalue weighted by Gasteiger charge is 2.11. The number of anilines is 1. The molecule has 0 bridgehead atoms. The Kier molecular flexibility index (Phi) is 5.31. The van der Waals surface area contributed by atoms with Gasteiger partial charge in [-0.15, -0.1) is 0 Å². The summed E-state index contributed by atoms with van der Waals surface area (Å²) in [5.41, 5.74) is 2.78. The summed E-state index contributed by atoms with van der Waals surface area (Å²) in [4.78, 5) is 23.9. The van der Waals surface area contributed by atoms with Crippen LogP contribution in [0.2, 0.25) is 0 Å². The molecule has 0 saturated heterocycles. The van der Waals surface area contributed by atoms with E-state index >= 15 is 0 Å². The summed E-state index contributed by atoms with van der Waals surface area (Å²) in [6, 6.07) is 14.2. The smallest absolute Gasteiger partial charge is 0.338 e. The van der Waals surface area contributed by atoms with Gasteiger partial charge in [0.2, 0.25) is 0 Å². The fraction of sp³-hybridized carbons (Fsp3) is 0.222. The second kappa shape index (κ2) is 7.41. The molecule has 2 aromatic carbocycles. The standard InChI is InChI=1S/C18H19NO3/c1-3-13-7-5-6-8-16(13)17(20)19-15-11-9-14(10-12-15)18(21)22-4-2/h5-12H,3-4H2,1-2H3,(H,19,20). The number of nitrogens with one attached hydrogen (secondary N) is 1. The molecule has 0 aliphatic heterocycles. The summed E-state index contributed by atoms with van der Waals surface area (Å²) in [6.07, 6.45) is 0.797. The lowest BCUT2D eigenvalue weighted by Crippen LogP contribution is -2.14. The Morgan fingerprint density at radius 3 is 2.32 bits per heavy atom. The van der Waals surface area contributed by atoms with Crippen LogP contribution in [-0.2, 0) is 11.2 Å². The lowest BCUT2D eigenvalue weighted by atomic mass is 10.0. The van der Waals surface area contributed by atoms with E-state index in [9.17, 15) is 9.59 Å². The van der Waals surface area contributed by atoms with E-state index in [-0.39, 0.29) is 11.9 Å². The summed E-state index contributed by atoms with van der Waals surface area (Å²) in [6.45, 7) is 4.11. The molecule has 4 nitrogen and oxygen atoms in total. The zero-order valence-corrected chi connectivity index (χ0v) is 12.8. The molecule has 0 fully saturated rings. The number of esters is 1. The number of aryl methyl sites for hydroxylation is 1. The first kappa shape index (κ1) is 15.8. The highest BCUT2D eigenvalue weighted by Crippen LogP contribution is 2.15. The number of carbonyl (C=O) groups excluding carboxylic acids is 2. The van der Waals surface area contributed by atoms with Crippen LogP contribution in [0.3, 0.4) is 0 Å². The third-order valence-corrected chi connectivity index (χ3v) is 3.30. The molecule has 0 aliphatic carbocycles. The number of amides is 1. The number of rotatable bonds is 5. The van der Waals surface area contributed by atoms with E-state index in [4.69, 9.17) is 4.74 Å². The minimum absolute atomic E-state index is 0.152. The predicted octanol–water partition coefficient (Wildman–Crippen LogP) is 3.68. The van der Waals surface area contributed by atoms with E-state index in [2.05, 4.69) is 5.32 Å². The van der Waals surface area contributed by atoms with Gasteiger partial charge in [-0.25, -0.2) is 4.79 Å². The van der Waals surface area contributed by atoms with Gasteiger partial charge in [0.1, 0.15) is 0 Å². The normalized spacial score (nSPS) is 10.1. The molecule has 1 N–H and O–H groups in total. The lowest BCUT2D eigenvalue weighted by Gasteiger charge is -2.09. The molecule has 114 valence electrons. The van der Waals surface area contributed by atoms with Crippen LogP contribution in [-0.4, -0.2) is 18.5 Å². The molecule has 0 aliphatic rings. The summed E-state index contributed by atoms with van der Waals surface area (Å²) in [5.74, 6) is -0.516. The van der Waals surface area contributed by atoms with Crippen LogP contribution in [0.1, 0.15) is 40.1 Å². The van der Waals surface area contributed by atoms with Crippen molar-refractivity contribution in [3.63, 3.8) is 0 Å². The minimum Gasteiger partial charge on any atom is -0.462 e. The van der Waals surface area contributed by atoms with E-state index in [0.717, 1.165) is 12.0 Å². The first-order valence-electron chi connectivity index (χ1n) is 7.32. The maximum absolute atomic E-state index is 12.3. The minimum atomic E-state index is -0.364. The largest absolute Gasteiger partial charge is 0.462 e. The highest BCUT2D eigenvalue weighted by atomic mass is 16.5. The molecule has 2 aromatic rings. The first-order valence-corrected chi connectivity index (χ1v) is 7.32. The third-order valence-electron chi connectivity index (χ3n) is 3.30. The Hall–Kier alpha value is -2.62. The summed E-state index contributed by atoms with van der Waals surface area (Å²) in [7, 11) is 0. The van der Waals surface area contributed by atoms with Crippen molar-refractivity contribution in [2.45, 2.75) is 20.3 Å². The van der Waals surface area contributed by atoms with Gasteiger partial charge in [0.25, 0.3) is 5.91 Å². The molecular weight excluding hydrogens is 278 g/mol. The molecule has 0 aromatic heterocycles. The van der Waals surface area contributed by atoms with Crippen molar-refractivity contribution in [3.05, 3.63) is 65.2 Å². The van der Waals surface area contributed by atoms with Crippen LogP contribution in [0, 0.1) is 0 Å². The van der Waals surface area contributed by atoms with Gasteiger partial charge in [0, 0.05) is 11.3 Å². The van der Waals surface area contributed by atoms with Crippen LogP contribution in [0.5, 0.6) is 0 Å². The SMILES string of the molecule is CCOC(=O)c1ccc(NC(=O)c2ccccc2CC)cc1. The summed E-state index contributed by atoms with van der Waals surface area (Å²) >= 11 is 0. The second-order valence-electron chi connectivity index (χ2n) is 4.76. The first-order chi connectivity index (χ1) is 10.7. The molecule has 0 heterocycles. The zero-order valence-electron chi connectivity index (χ0n) is 12.8. The van der Waals surface area contributed by atoms with Gasteiger partial charge < -0.3 is 10.1 Å². The van der Waals surface area contributed by atoms with Crippen LogP contribution in [0.25, 0.3) is 0 Å². The fourth-order valence-electron chi connectivity index (χ4n) is 2.15. The van der Waals surface area contributed by atoms with Gasteiger partial charge in [-0.3, -0.25) is 4.79 Å². The Morgan fingerprint density at radius 1 is 1.00 bits per heavy atom. The van der Waals surface area contributed by atoms with Crippen LogP contribution >= 0.6 is 0 Å². The van der Waals surface area contributed by atoms with Crippen molar-refractivity contribution in [1.29, 1.82) is 0 Å². The number of hydrogen-bond acceptors (Lipinski definition) is 3. The monoisotopic (exact) mass is 297 g/mol. The van der Waals surface area contributed by atoms with Gasteiger partial charge in [-0.1, -0.05) is 25.1 Å². The van der Waals surface area contributed by atoms with Gasteiger partial charge in [-0.05, 0) is 49.2 Å². The second-order valence-corrected chi connectivity index (χ2v) is 4.76. The Morgan fingerprint density at radius 2 is 1.68 bits per heavy atom. The van der Waals surface area contributed by atoms with Crippen molar-refractivity contribution in [3.8, 4) is 0 Å². The van der Waals surface area contributed by atoms with E-state index < -0.39 is 0 Å². The van der Waals surface area contributed by atoms with Crippen molar-refractivity contribution in [2.24, 2.45) is 0 Å². The number of benzene rings is 2. The van der Waals surface area contributed by atoms with Gasteiger partial charge in [-0.2, -0.15) is 0 Å². The Balaban J connectivity index is 2.10. The molecule has 1 amide bonds. The molecule has 0 spiro atoms. The Labute approximate surface area is 130 Å². The molecule has 2 rings (SSSR count). The molecule has 0 saturated carbocycles. The van der Waals surface area contributed by atoms with Crippen LogP contribution < -0.4 is 5.32 Å².